The zero-order valence-electron chi connectivity index (χ0n) is 7.32. The van der Waals surface area contributed by atoms with Crippen LogP contribution >= 0.6 is 11.6 Å². The SMILES string of the molecule is Fc1ccc(Cn2nccc2Cl)cc1. The zero-order chi connectivity index (χ0) is 9.97. The molecule has 0 radical (unpaired) electrons. The minimum Gasteiger partial charge on any atom is -0.250 e. The summed E-state index contributed by atoms with van der Waals surface area (Å²) in [4.78, 5) is 0. The standard InChI is InChI=1S/C10H8ClFN2/c11-10-5-6-13-14(10)7-8-1-3-9(12)4-2-8/h1-6H,7H2. The Kier molecular flexibility index (Phi) is 2.50. The zero-order valence-corrected chi connectivity index (χ0v) is 8.08. The van der Waals surface area contributed by atoms with Crippen molar-refractivity contribution in [3.8, 4) is 0 Å². The van der Waals surface area contributed by atoms with Crippen LogP contribution in [0, 0.1) is 5.82 Å². The third kappa shape index (κ3) is 1.93. The van der Waals surface area contributed by atoms with E-state index in [4.69, 9.17) is 11.6 Å². The van der Waals surface area contributed by atoms with Crippen LogP contribution in [0.3, 0.4) is 0 Å². The van der Waals surface area contributed by atoms with Crippen molar-refractivity contribution in [2.24, 2.45) is 0 Å². The lowest BCUT2D eigenvalue weighted by atomic mass is 10.2. The molecule has 0 saturated carbocycles. The third-order valence-corrected chi connectivity index (χ3v) is 2.23. The van der Waals surface area contributed by atoms with Gasteiger partial charge in [0.25, 0.3) is 0 Å². The van der Waals surface area contributed by atoms with Crippen molar-refractivity contribution in [3.05, 3.63) is 53.1 Å². The molecular formula is C10H8ClFN2. The highest BCUT2D eigenvalue weighted by atomic mass is 35.5. The highest BCUT2D eigenvalue weighted by molar-refractivity contribution is 6.29. The van der Waals surface area contributed by atoms with Gasteiger partial charge < -0.3 is 0 Å². The van der Waals surface area contributed by atoms with Crippen molar-refractivity contribution >= 4 is 11.6 Å². The summed E-state index contributed by atoms with van der Waals surface area (Å²) in [5, 5.41) is 4.60. The van der Waals surface area contributed by atoms with Crippen LogP contribution < -0.4 is 0 Å². The number of rotatable bonds is 2. The van der Waals surface area contributed by atoms with Crippen LogP contribution in [0.25, 0.3) is 0 Å². The van der Waals surface area contributed by atoms with Crippen molar-refractivity contribution < 1.29 is 4.39 Å². The monoisotopic (exact) mass is 210 g/mol. The second kappa shape index (κ2) is 3.80. The molecule has 1 aromatic heterocycles. The molecule has 2 aromatic rings. The van der Waals surface area contributed by atoms with Gasteiger partial charge in [0.15, 0.2) is 0 Å². The molecule has 0 spiro atoms. The average molecular weight is 211 g/mol. The molecule has 14 heavy (non-hydrogen) atoms. The van der Waals surface area contributed by atoms with Gasteiger partial charge >= 0.3 is 0 Å². The molecule has 72 valence electrons. The van der Waals surface area contributed by atoms with Gasteiger partial charge in [-0.15, -0.1) is 0 Å². The van der Waals surface area contributed by atoms with Gasteiger partial charge in [0, 0.05) is 0 Å². The van der Waals surface area contributed by atoms with E-state index in [1.807, 2.05) is 0 Å². The van der Waals surface area contributed by atoms with Crippen molar-refractivity contribution in [1.29, 1.82) is 0 Å². The van der Waals surface area contributed by atoms with Gasteiger partial charge in [-0.3, -0.25) is 0 Å². The largest absolute Gasteiger partial charge is 0.250 e. The van der Waals surface area contributed by atoms with Crippen LogP contribution in [-0.4, -0.2) is 9.78 Å². The molecule has 0 aliphatic carbocycles. The van der Waals surface area contributed by atoms with E-state index in [0.717, 1.165) is 5.56 Å². The number of benzene rings is 1. The molecule has 1 aromatic carbocycles. The van der Waals surface area contributed by atoms with Crippen molar-refractivity contribution in [2.45, 2.75) is 6.54 Å². The average Bonchev–Trinajstić information content (AvgIpc) is 2.56. The highest BCUT2D eigenvalue weighted by Gasteiger charge is 2.00. The molecule has 0 aliphatic heterocycles. The van der Waals surface area contributed by atoms with E-state index in [1.165, 1.54) is 12.1 Å². The molecule has 0 bridgehead atoms. The van der Waals surface area contributed by atoms with Gasteiger partial charge in [-0.25, -0.2) is 9.07 Å². The van der Waals surface area contributed by atoms with Crippen LogP contribution in [0.2, 0.25) is 5.15 Å². The van der Waals surface area contributed by atoms with Gasteiger partial charge in [0.2, 0.25) is 0 Å². The predicted octanol–water partition coefficient (Wildman–Crippen LogP) is 2.72. The number of nitrogens with zero attached hydrogens (tertiary/aromatic N) is 2. The fourth-order valence-electron chi connectivity index (χ4n) is 1.20. The Hall–Kier alpha value is -1.35. The molecule has 4 heteroatoms. The molecule has 1 heterocycles. The maximum absolute atomic E-state index is 12.6. The van der Waals surface area contributed by atoms with E-state index in [9.17, 15) is 4.39 Å². The Bertz CT molecular complexity index is 422. The Labute approximate surface area is 85.9 Å². The Morgan fingerprint density at radius 1 is 1.21 bits per heavy atom. The summed E-state index contributed by atoms with van der Waals surface area (Å²) in [6, 6.07) is 7.99. The lowest BCUT2D eigenvalue weighted by Gasteiger charge is -2.02. The lowest BCUT2D eigenvalue weighted by molar-refractivity contribution is 0.624. The Balaban J connectivity index is 2.19. The fraction of sp³-hybridized carbons (Fsp3) is 0.100. The van der Waals surface area contributed by atoms with E-state index in [-0.39, 0.29) is 5.82 Å². The summed E-state index contributed by atoms with van der Waals surface area (Å²) >= 11 is 5.85. The summed E-state index contributed by atoms with van der Waals surface area (Å²) in [7, 11) is 0. The summed E-state index contributed by atoms with van der Waals surface area (Å²) < 4.78 is 14.2. The van der Waals surface area contributed by atoms with Crippen LogP contribution in [0.15, 0.2) is 36.5 Å². The molecule has 0 unspecified atom stereocenters. The molecule has 0 atom stereocenters. The topological polar surface area (TPSA) is 17.8 Å². The summed E-state index contributed by atoms with van der Waals surface area (Å²) in [5.74, 6) is -0.236. The summed E-state index contributed by atoms with van der Waals surface area (Å²) in [6.45, 7) is 0.562. The quantitative estimate of drug-likeness (QED) is 0.745. The molecule has 0 amide bonds. The first-order chi connectivity index (χ1) is 6.75. The highest BCUT2D eigenvalue weighted by Crippen LogP contribution is 2.10. The maximum atomic E-state index is 12.6. The number of halogens is 2. The first kappa shape index (κ1) is 9.21. The fourth-order valence-corrected chi connectivity index (χ4v) is 1.36. The molecule has 0 saturated heterocycles. The van der Waals surface area contributed by atoms with Gasteiger partial charge in [-0.05, 0) is 23.8 Å². The van der Waals surface area contributed by atoms with Crippen LogP contribution in [0.4, 0.5) is 4.39 Å². The minimum atomic E-state index is -0.236. The summed E-state index contributed by atoms with van der Waals surface area (Å²) in [6.07, 6.45) is 1.63. The van der Waals surface area contributed by atoms with Crippen molar-refractivity contribution in [1.82, 2.24) is 9.78 Å². The molecule has 0 N–H and O–H groups in total. The van der Waals surface area contributed by atoms with E-state index >= 15 is 0 Å². The maximum Gasteiger partial charge on any atom is 0.127 e. The molecule has 0 fully saturated rings. The van der Waals surface area contributed by atoms with Gasteiger partial charge in [-0.2, -0.15) is 5.10 Å². The van der Waals surface area contributed by atoms with Gasteiger partial charge in [0.05, 0.1) is 12.7 Å². The first-order valence-electron chi connectivity index (χ1n) is 4.17. The van der Waals surface area contributed by atoms with Gasteiger partial charge in [0.1, 0.15) is 11.0 Å². The van der Waals surface area contributed by atoms with E-state index in [0.29, 0.717) is 11.7 Å². The molecule has 2 nitrogen and oxygen atoms in total. The van der Waals surface area contributed by atoms with E-state index in [2.05, 4.69) is 5.10 Å². The van der Waals surface area contributed by atoms with Crippen molar-refractivity contribution in [3.63, 3.8) is 0 Å². The second-order valence-corrected chi connectivity index (χ2v) is 3.33. The minimum absolute atomic E-state index is 0.236. The van der Waals surface area contributed by atoms with Crippen LogP contribution in [0.5, 0.6) is 0 Å². The molecule has 2 rings (SSSR count). The number of hydrogen-bond donors (Lipinski definition) is 0. The normalized spacial score (nSPS) is 10.4. The number of hydrogen-bond acceptors (Lipinski definition) is 1. The Morgan fingerprint density at radius 3 is 2.50 bits per heavy atom. The smallest absolute Gasteiger partial charge is 0.127 e. The van der Waals surface area contributed by atoms with Gasteiger partial charge in [-0.1, -0.05) is 23.7 Å². The van der Waals surface area contributed by atoms with E-state index in [1.54, 1.807) is 29.1 Å². The van der Waals surface area contributed by atoms with E-state index < -0.39 is 0 Å². The van der Waals surface area contributed by atoms with Crippen molar-refractivity contribution in [2.75, 3.05) is 0 Å². The molecule has 0 aliphatic rings. The first-order valence-corrected chi connectivity index (χ1v) is 4.55. The number of aromatic nitrogens is 2. The second-order valence-electron chi connectivity index (χ2n) is 2.94. The van der Waals surface area contributed by atoms with Crippen LogP contribution in [-0.2, 0) is 6.54 Å². The molecular weight excluding hydrogens is 203 g/mol. The lowest BCUT2D eigenvalue weighted by Crippen LogP contribution is -2.01. The van der Waals surface area contributed by atoms with Crippen LogP contribution in [0.1, 0.15) is 5.56 Å². The summed E-state index contributed by atoms with van der Waals surface area (Å²) in [5.41, 5.74) is 0.969. The Morgan fingerprint density at radius 2 is 1.93 bits per heavy atom. The third-order valence-electron chi connectivity index (χ3n) is 1.91. The predicted molar refractivity (Wildman–Crippen MR) is 52.7 cm³/mol.